The summed E-state index contributed by atoms with van der Waals surface area (Å²) in [5, 5.41) is 3.37. The largest absolute Gasteiger partial charge is 0.497 e. The number of carbonyl (C=O) groups excluding carboxylic acids is 3. The van der Waals surface area contributed by atoms with Crippen LogP contribution in [0.5, 0.6) is 5.75 Å². The molecule has 1 aliphatic heterocycles. The number of urea groups is 1. The van der Waals surface area contributed by atoms with Gasteiger partial charge in [-0.05, 0) is 43.8 Å². The Balaban J connectivity index is 1.63. The van der Waals surface area contributed by atoms with E-state index in [4.69, 9.17) is 16.3 Å². The van der Waals surface area contributed by atoms with E-state index in [1.807, 2.05) is 6.07 Å². The van der Waals surface area contributed by atoms with Crippen molar-refractivity contribution in [3.8, 4) is 5.75 Å². The average molecular weight is 437 g/mol. The Hall–Kier alpha value is -2.62. The molecule has 4 amide bonds. The fraction of sp³-hybridized carbons (Fsp3) is 0.316. The molecule has 29 heavy (non-hydrogen) atoms. The van der Waals surface area contributed by atoms with Crippen molar-refractivity contribution in [2.24, 2.45) is 0 Å². The van der Waals surface area contributed by atoms with Crippen LogP contribution in [0.3, 0.4) is 0 Å². The number of halogens is 1. The molecule has 1 saturated heterocycles. The van der Waals surface area contributed by atoms with Crippen molar-refractivity contribution in [2.45, 2.75) is 19.0 Å². The van der Waals surface area contributed by atoms with Crippen LogP contribution in [0.15, 0.2) is 36.4 Å². The van der Waals surface area contributed by atoms with Crippen molar-refractivity contribution in [3.63, 3.8) is 0 Å². The van der Waals surface area contributed by atoms with Crippen molar-refractivity contribution < 1.29 is 19.1 Å². The van der Waals surface area contributed by atoms with E-state index in [-0.39, 0.29) is 6.54 Å². The molecule has 1 aromatic carbocycles. The van der Waals surface area contributed by atoms with Crippen LogP contribution in [-0.2, 0) is 21.7 Å². The molecule has 0 saturated carbocycles. The third kappa shape index (κ3) is 4.52. The molecule has 1 atom stereocenters. The molecule has 8 nitrogen and oxygen atoms in total. The molecule has 154 valence electrons. The summed E-state index contributed by atoms with van der Waals surface area (Å²) in [7, 11) is 3.31. The van der Waals surface area contributed by atoms with E-state index in [9.17, 15) is 14.4 Å². The fourth-order valence-corrected chi connectivity index (χ4v) is 4.19. The standard InChI is InChI=1S/C19H21ClN4O4S/c1-19(12-4-6-13(28-3)7-5-12)17(26)24(18(27)21-19)22-16(25)11-23(2)10-14-8-9-15(20)29-14/h4-9H,10-11H2,1-3H3,(H,21,27)(H,22,25). The molecule has 0 aliphatic carbocycles. The number of imide groups is 1. The Labute approximate surface area is 177 Å². The number of amides is 4. The first kappa shape index (κ1) is 21.1. The number of nitrogens with zero attached hydrogens (tertiary/aromatic N) is 2. The molecule has 10 heteroatoms. The number of hydrogen-bond donors (Lipinski definition) is 2. The molecule has 1 aromatic heterocycles. The third-order valence-corrected chi connectivity index (χ3v) is 5.78. The van der Waals surface area contributed by atoms with Gasteiger partial charge in [0.2, 0.25) is 0 Å². The summed E-state index contributed by atoms with van der Waals surface area (Å²) >= 11 is 7.35. The molecule has 0 radical (unpaired) electrons. The number of thiophene rings is 1. The summed E-state index contributed by atoms with van der Waals surface area (Å²) in [5.74, 6) is -0.402. The van der Waals surface area contributed by atoms with E-state index in [1.165, 1.54) is 11.3 Å². The van der Waals surface area contributed by atoms with E-state index < -0.39 is 23.4 Å². The topological polar surface area (TPSA) is 91.0 Å². The van der Waals surface area contributed by atoms with Gasteiger partial charge in [-0.15, -0.1) is 11.3 Å². The van der Waals surface area contributed by atoms with Crippen LogP contribution in [0.25, 0.3) is 0 Å². The van der Waals surface area contributed by atoms with E-state index in [0.29, 0.717) is 22.2 Å². The predicted molar refractivity (Wildman–Crippen MR) is 110 cm³/mol. The molecule has 2 N–H and O–H groups in total. The Morgan fingerprint density at radius 3 is 2.55 bits per heavy atom. The number of hydrogen-bond acceptors (Lipinski definition) is 6. The zero-order valence-corrected chi connectivity index (χ0v) is 17.8. The maximum atomic E-state index is 12.9. The summed E-state index contributed by atoms with van der Waals surface area (Å²) in [5.41, 5.74) is 1.69. The van der Waals surface area contributed by atoms with Gasteiger partial charge in [0.05, 0.1) is 18.0 Å². The van der Waals surface area contributed by atoms with Gasteiger partial charge in [0, 0.05) is 11.4 Å². The number of ether oxygens (including phenoxy) is 1. The Kier molecular flexibility index (Phi) is 6.11. The zero-order valence-electron chi connectivity index (χ0n) is 16.2. The molecule has 1 aliphatic rings. The summed E-state index contributed by atoms with van der Waals surface area (Å²) in [6.45, 7) is 2.12. The highest BCUT2D eigenvalue weighted by Crippen LogP contribution is 2.29. The van der Waals surface area contributed by atoms with Crippen LogP contribution < -0.4 is 15.5 Å². The van der Waals surface area contributed by atoms with Gasteiger partial charge < -0.3 is 10.1 Å². The fourth-order valence-electron chi connectivity index (χ4n) is 3.02. The second kappa shape index (κ2) is 8.40. The smallest absolute Gasteiger partial charge is 0.344 e. The molecule has 1 unspecified atom stereocenters. The predicted octanol–water partition coefficient (Wildman–Crippen LogP) is 2.34. The molecule has 1 fully saturated rings. The summed E-state index contributed by atoms with van der Waals surface area (Å²) in [6, 6.07) is 9.79. The van der Waals surface area contributed by atoms with Gasteiger partial charge in [0.15, 0.2) is 0 Å². The van der Waals surface area contributed by atoms with Crippen molar-refractivity contribution >= 4 is 40.8 Å². The lowest BCUT2D eigenvalue weighted by molar-refractivity contribution is -0.139. The maximum absolute atomic E-state index is 12.9. The highest BCUT2D eigenvalue weighted by Gasteiger charge is 2.50. The van der Waals surface area contributed by atoms with Crippen LogP contribution in [0, 0.1) is 0 Å². The van der Waals surface area contributed by atoms with Gasteiger partial charge in [-0.1, -0.05) is 23.7 Å². The van der Waals surface area contributed by atoms with E-state index in [2.05, 4.69) is 10.7 Å². The van der Waals surface area contributed by atoms with Gasteiger partial charge >= 0.3 is 6.03 Å². The van der Waals surface area contributed by atoms with Crippen LogP contribution in [0.2, 0.25) is 4.34 Å². The third-order valence-electron chi connectivity index (χ3n) is 4.56. The zero-order chi connectivity index (χ0) is 21.2. The number of benzene rings is 1. The lowest BCUT2D eigenvalue weighted by atomic mass is 9.92. The number of rotatable bonds is 7. The quantitative estimate of drug-likeness (QED) is 0.650. The Morgan fingerprint density at radius 1 is 1.28 bits per heavy atom. The Bertz CT molecular complexity index is 933. The maximum Gasteiger partial charge on any atom is 0.344 e. The van der Waals surface area contributed by atoms with Gasteiger partial charge in [-0.25, -0.2) is 4.79 Å². The van der Waals surface area contributed by atoms with Gasteiger partial charge in [-0.3, -0.25) is 19.9 Å². The first-order valence-electron chi connectivity index (χ1n) is 8.76. The molecular formula is C19H21ClN4O4S. The second-order valence-corrected chi connectivity index (χ2v) is 8.64. The molecule has 2 aromatic rings. The minimum absolute atomic E-state index is 0.00578. The van der Waals surface area contributed by atoms with Crippen LogP contribution >= 0.6 is 22.9 Å². The highest BCUT2D eigenvalue weighted by molar-refractivity contribution is 7.16. The monoisotopic (exact) mass is 436 g/mol. The van der Waals surface area contributed by atoms with Gasteiger partial charge in [0.25, 0.3) is 11.8 Å². The highest BCUT2D eigenvalue weighted by atomic mass is 35.5. The SMILES string of the molecule is COc1ccc(C2(C)NC(=O)N(NC(=O)CN(C)Cc3ccc(Cl)s3)C2=O)cc1. The number of nitrogens with one attached hydrogen (secondary N) is 2. The van der Waals surface area contributed by atoms with Gasteiger partial charge in [-0.2, -0.15) is 5.01 Å². The first-order chi connectivity index (χ1) is 13.7. The average Bonchev–Trinajstić information content (AvgIpc) is 3.18. The van der Waals surface area contributed by atoms with Crippen LogP contribution in [0.1, 0.15) is 17.4 Å². The minimum Gasteiger partial charge on any atom is -0.497 e. The molecule has 0 bridgehead atoms. The van der Waals surface area contributed by atoms with Gasteiger partial charge in [0.1, 0.15) is 11.3 Å². The molecule has 3 rings (SSSR count). The normalized spacial score (nSPS) is 18.9. The van der Waals surface area contributed by atoms with Crippen molar-refractivity contribution in [2.75, 3.05) is 20.7 Å². The number of carbonyl (C=O) groups is 3. The van der Waals surface area contributed by atoms with E-state index >= 15 is 0 Å². The van der Waals surface area contributed by atoms with Crippen molar-refractivity contribution in [1.82, 2.24) is 20.7 Å². The van der Waals surface area contributed by atoms with E-state index in [0.717, 1.165) is 9.89 Å². The number of methoxy groups -OCH3 is 1. The molecule has 2 heterocycles. The van der Waals surface area contributed by atoms with E-state index in [1.54, 1.807) is 56.3 Å². The summed E-state index contributed by atoms with van der Waals surface area (Å²) in [6.07, 6.45) is 0. The number of likely N-dealkylation sites (N-methyl/N-ethyl adjacent to an activating group) is 1. The lowest BCUT2D eigenvalue weighted by Gasteiger charge is -2.23. The Morgan fingerprint density at radius 2 is 1.97 bits per heavy atom. The lowest BCUT2D eigenvalue weighted by Crippen LogP contribution is -2.50. The molecule has 0 spiro atoms. The van der Waals surface area contributed by atoms with Crippen molar-refractivity contribution in [1.29, 1.82) is 0 Å². The van der Waals surface area contributed by atoms with Crippen molar-refractivity contribution in [3.05, 3.63) is 51.2 Å². The first-order valence-corrected chi connectivity index (χ1v) is 9.96. The summed E-state index contributed by atoms with van der Waals surface area (Å²) in [4.78, 5) is 40.3. The van der Waals surface area contributed by atoms with Crippen LogP contribution in [-0.4, -0.2) is 48.5 Å². The second-order valence-electron chi connectivity index (χ2n) is 6.84. The number of hydrazine groups is 1. The minimum atomic E-state index is -1.28. The molecular weight excluding hydrogens is 416 g/mol. The van der Waals surface area contributed by atoms with Crippen LogP contribution in [0.4, 0.5) is 4.79 Å². The summed E-state index contributed by atoms with van der Waals surface area (Å²) < 4.78 is 5.79.